The van der Waals surface area contributed by atoms with Crippen LogP contribution in [0, 0.1) is 6.92 Å². The Labute approximate surface area is 149 Å². The summed E-state index contributed by atoms with van der Waals surface area (Å²) in [4.78, 5) is 16.5. The number of hydrogen-bond acceptors (Lipinski definition) is 5. The molecule has 3 aromatic heterocycles. The molecule has 0 fully saturated rings. The second-order valence-corrected chi connectivity index (χ2v) is 6.24. The van der Waals surface area contributed by atoms with Crippen molar-refractivity contribution in [1.82, 2.24) is 34.9 Å². The molecule has 1 aromatic carbocycles. The lowest BCUT2D eigenvalue weighted by Gasteiger charge is -2.06. The van der Waals surface area contributed by atoms with Crippen LogP contribution in [0.1, 0.15) is 17.7 Å². The molecule has 0 saturated heterocycles. The Morgan fingerprint density at radius 1 is 1.27 bits per heavy atom. The van der Waals surface area contributed by atoms with Crippen LogP contribution in [-0.2, 0) is 17.8 Å². The number of carbonyl (C=O) groups is 1. The van der Waals surface area contributed by atoms with E-state index >= 15 is 0 Å². The molecule has 26 heavy (non-hydrogen) atoms. The number of rotatable bonds is 6. The summed E-state index contributed by atoms with van der Waals surface area (Å²) in [5.41, 5.74) is 4.54. The van der Waals surface area contributed by atoms with Gasteiger partial charge in [0, 0.05) is 25.0 Å². The standard InChI is InChI=1S/C18H19N7O/c1-13-9-17-20-10-14(11-25(17)22-13)5-4-8-19-18(26)12-24-16-7-3-2-6-15(16)21-23-24/h2-3,6-7,9-11H,4-5,8,12H2,1H3,(H,19,26). The van der Waals surface area contributed by atoms with Gasteiger partial charge in [-0.05, 0) is 37.5 Å². The van der Waals surface area contributed by atoms with Gasteiger partial charge in [0.15, 0.2) is 5.65 Å². The average Bonchev–Trinajstić information content (AvgIpc) is 3.21. The first-order chi connectivity index (χ1) is 12.7. The highest BCUT2D eigenvalue weighted by Crippen LogP contribution is 2.09. The zero-order valence-electron chi connectivity index (χ0n) is 14.5. The first-order valence-electron chi connectivity index (χ1n) is 8.55. The van der Waals surface area contributed by atoms with Gasteiger partial charge in [0.25, 0.3) is 0 Å². The van der Waals surface area contributed by atoms with Crippen molar-refractivity contribution < 1.29 is 4.79 Å². The molecule has 8 heteroatoms. The van der Waals surface area contributed by atoms with Gasteiger partial charge in [-0.2, -0.15) is 5.10 Å². The van der Waals surface area contributed by atoms with Crippen molar-refractivity contribution >= 4 is 22.6 Å². The Bertz CT molecular complexity index is 1070. The van der Waals surface area contributed by atoms with E-state index < -0.39 is 0 Å². The van der Waals surface area contributed by atoms with Crippen LogP contribution in [0.25, 0.3) is 16.7 Å². The third kappa shape index (κ3) is 3.39. The molecular weight excluding hydrogens is 330 g/mol. The molecule has 0 bridgehead atoms. The summed E-state index contributed by atoms with van der Waals surface area (Å²) in [6, 6.07) is 9.54. The van der Waals surface area contributed by atoms with E-state index in [2.05, 4.69) is 25.7 Å². The summed E-state index contributed by atoms with van der Waals surface area (Å²) >= 11 is 0. The lowest BCUT2D eigenvalue weighted by molar-refractivity contribution is -0.121. The smallest absolute Gasteiger partial charge is 0.241 e. The molecule has 1 amide bonds. The van der Waals surface area contributed by atoms with E-state index in [1.807, 2.05) is 49.6 Å². The van der Waals surface area contributed by atoms with Crippen LogP contribution in [-0.4, -0.2) is 42.0 Å². The Balaban J connectivity index is 1.28. The van der Waals surface area contributed by atoms with Crippen LogP contribution in [0.4, 0.5) is 0 Å². The number of benzene rings is 1. The summed E-state index contributed by atoms with van der Waals surface area (Å²) in [6.07, 6.45) is 5.50. The Kier molecular flexibility index (Phi) is 4.30. The zero-order valence-corrected chi connectivity index (χ0v) is 14.5. The molecule has 0 saturated carbocycles. The second-order valence-electron chi connectivity index (χ2n) is 6.24. The van der Waals surface area contributed by atoms with Gasteiger partial charge in [0.2, 0.25) is 5.91 Å². The summed E-state index contributed by atoms with van der Waals surface area (Å²) in [7, 11) is 0. The van der Waals surface area contributed by atoms with Gasteiger partial charge in [-0.1, -0.05) is 17.3 Å². The number of nitrogens with zero attached hydrogens (tertiary/aromatic N) is 6. The van der Waals surface area contributed by atoms with E-state index in [1.54, 1.807) is 9.20 Å². The van der Waals surface area contributed by atoms with Crippen LogP contribution in [0.3, 0.4) is 0 Å². The molecule has 0 unspecified atom stereocenters. The maximum atomic E-state index is 12.1. The fourth-order valence-corrected chi connectivity index (χ4v) is 2.91. The van der Waals surface area contributed by atoms with Crippen LogP contribution in [0.15, 0.2) is 42.7 Å². The Morgan fingerprint density at radius 2 is 2.15 bits per heavy atom. The highest BCUT2D eigenvalue weighted by molar-refractivity contribution is 5.79. The van der Waals surface area contributed by atoms with Gasteiger partial charge in [-0.25, -0.2) is 14.2 Å². The van der Waals surface area contributed by atoms with Crippen molar-refractivity contribution in [2.45, 2.75) is 26.3 Å². The first kappa shape index (κ1) is 16.2. The molecule has 0 aliphatic carbocycles. The molecular formula is C18H19N7O. The number of fused-ring (bicyclic) bond motifs is 2. The number of para-hydroxylation sites is 1. The molecule has 8 nitrogen and oxygen atoms in total. The average molecular weight is 349 g/mol. The van der Waals surface area contributed by atoms with Gasteiger partial charge >= 0.3 is 0 Å². The topological polar surface area (TPSA) is 90.0 Å². The molecule has 4 aromatic rings. The molecule has 0 aliphatic rings. The first-order valence-corrected chi connectivity index (χ1v) is 8.55. The van der Waals surface area contributed by atoms with Crippen LogP contribution in [0.5, 0.6) is 0 Å². The number of aryl methyl sites for hydroxylation is 2. The summed E-state index contributed by atoms with van der Waals surface area (Å²) < 4.78 is 3.40. The van der Waals surface area contributed by atoms with Crippen LogP contribution < -0.4 is 5.32 Å². The third-order valence-electron chi connectivity index (χ3n) is 4.17. The van der Waals surface area contributed by atoms with E-state index in [0.717, 1.165) is 40.8 Å². The van der Waals surface area contributed by atoms with Crippen molar-refractivity contribution in [3.8, 4) is 0 Å². The predicted octanol–water partition coefficient (Wildman–Crippen LogP) is 1.53. The zero-order chi connectivity index (χ0) is 17.9. The number of carbonyl (C=O) groups excluding carboxylic acids is 1. The predicted molar refractivity (Wildman–Crippen MR) is 96.6 cm³/mol. The maximum absolute atomic E-state index is 12.1. The Morgan fingerprint density at radius 3 is 3.08 bits per heavy atom. The summed E-state index contributed by atoms with van der Waals surface area (Å²) in [5.74, 6) is -0.0723. The van der Waals surface area contributed by atoms with Crippen LogP contribution >= 0.6 is 0 Å². The van der Waals surface area contributed by atoms with Crippen molar-refractivity contribution in [3.63, 3.8) is 0 Å². The molecule has 1 N–H and O–H groups in total. The van der Waals surface area contributed by atoms with E-state index in [1.165, 1.54) is 0 Å². The molecule has 3 heterocycles. The third-order valence-corrected chi connectivity index (χ3v) is 4.17. The number of nitrogens with one attached hydrogen (secondary N) is 1. The number of aromatic nitrogens is 6. The molecule has 0 radical (unpaired) electrons. The normalized spacial score (nSPS) is 11.3. The minimum atomic E-state index is -0.0723. The van der Waals surface area contributed by atoms with Crippen molar-refractivity contribution in [2.75, 3.05) is 6.54 Å². The van der Waals surface area contributed by atoms with Gasteiger partial charge in [0.1, 0.15) is 12.1 Å². The van der Waals surface area contributed by atoms with Crippen molar-refractivity contribution in [2.24, 2.45) is 0 Å². The molecule has 0 aliphatic heterocycles. The fraction of sp³-hybridized carbons (Fsp3) is 0.278. The van der Waals surface area contributed by atoms with Gasteiger partial charge in [-0.3, -0.25) is 4.79 Å². The lowest BCUT2D eigenvalue weighted by atomic mass is 10.2. The SMILES string of the molecule is Cc1cc2ncc(CCCNC(=O)Cn3nnc4ccccc43)cn2n1. The Hall–Kier alpha value is -3.29. The number of hydrogen-bond donors (Lipinski definition) is 1. The van der Waals surface area contributed by atoms with Gasteiger partial charge in [0.05, 0.1) is 11.2 Å². The van der Waals surface area contributed by atoms with Gasteiger partial charge in [-0.15, -0.1) is 5.10 Å². The van der Waals surface area contributed by atoms with Crippen molar-refractivity contribution in [3.05, 3.63) is 54.0 Å². The van der Waals surface area contributed by atoms with E-state index in [9.17, 15) is 4.79 Å². The molecule has 132 valence electrons. The fourth-order valence-electron chi connectivity index (χ4n) is 2.91. The van der Waals surface area contributed by atoms with Crippen molar-refractivity contribution in [1.29, 1.82) is 0 Å². The lowest BCUT2D eigenvalue weighted by Crippen LogP contribution is -2.29. The molecule has 4 rings (SSSR count). The number of amides is 1. The van der Waals surface area contributed by atoms with E-state index in [-0.39, 0.29) is 12.5 Å². The molecule has 0 spiro atoms. The minimum absolute atomic E-state index is 0.0723. The maximum Gasteiger partial charge on any atom is 0.241 e. The van der Waals surface area contributed by atoms with Gasteiger partial charge < -0.3 is 5.32 Å². The minimum Gasteiger partial charge on any atom is -0.354 e. The second kappa shape index (κ2) is 6.91. The highest BCUT2D eigenvalue weighted by Gasteiger charge is 2.08. The quantitative estimate of drug-likeness (QED) is 0.533. The van der Waals surface area contributed by atoms with E-state index in [0.29, 0.717) is 6.54 Å². The molecule has 0 atom stereocenters. The monoisotopic (exact) mass is 349 g/mol. The largest absolute Gasteiger partial charge is 0.354 e. The highest BCUT2D eigenvalue weighted by atomic mass is 16.2. The summed E-state index contributed by atoms with van der Waals surface area (Å²) in [6.45, 7) is 2.71. The van der Waals surface area contributed by atoms with E-state index in [4.69, 9.17) is 0 Å². The summed E-state index contributed by atoms with van der Waals surface area (Å²) in [5, 5.41) is 15.4. The van der Waals surface area contributed by atoms with Crippen LogP contribution in [0.2, 0.25) is 0 Å².